The minimum absolute atomic E-state index is 0.0138. The maximum Gasteiger partial charge on any atom is 0.311 e. The van der Waals surface area contributed by atoms with Gasteiger partial charge in [0.1, 0.15) is 5.76 Å². The second-order valence-corrected chi connectivity index (χ2v) is 3.83. The molecule has 0 spiro atoms. The molecule has 2 rings (SSSR count). The number of rotatable bonds is 5. The fraction of sp³-hybridized carbons (Fsp3) is 0.250. The fourth-order valence-electron chi connectivity index (χ4n) is 1.59. The Hall–Kier alpha value is -2.37. The van der Waals surface area contributed by atoms with E-state index in [-0.39, 0.29) is 5.69 Å². The summed E-state index contributed by atoms with van der Waals surface area (Å²) in [7, 11) is 0. The van der Waals surface area contributed by atoms with Crippen LogP contribution in [0.25, 0.3) is 0 Å². The van der Waals surface area contributed by atoms with Crippen molar-refractivity contribution >= 4 is 11.5 Å². The number of pyridine rings is 1. The topological polar surface area (TPSA) is 81.2 Å². The molecule has 6 nitrogen and oxygen atoms in total. The first-order valence-electron chi connectivity index (χ1n) is 5.55. The molecule has 2 heterocycles. The van der Waals surface area contributed by atoms with Crippen molar-refractivity contribution in [3.8, 4) is 0 Å². The summed E-state index contributed by atoms with van der Waals surface area (Å²) in [5.74, 6) is 1.13. The molecule has 0 bridgehead atoms. The number of nitrogens with zero attached hydrogens (tertiary/aromatic N) is 2. The number of nitrogens with one attached hydrogen (secondary N) is 1. The van der Waals surface area contributed by atoms with E-state index in [2.05, 4.69) is 10.3 Å². The number of hydrogen-bond donors (Lipinski definition) is 1. The van der Waals surface area contributed by atoms with Gasteiger partial charge in [0.2, 0.25) is 5.82 Å². The van der Waals surface area contributed by atoms with Crippen molar-refractivity contribution in [3.63, 3.8) is 0 Å². The Bertz CT molecular complexity index is 538. The van der Waals surface area contributed by atoms with Crippen molar-refractivity contribution in [1.82, 2.24) is 4.98 Å². The summed E-state index contributed by atoms with van der Waals surface area (Å²) in [5.41, 5.74) is 0.723. The summed E-state index contributed by atoms with van der Waals surface area (Å²) < 4.78 is 5.18. The highest BCUT2D eigenvalue weighted by molar-refractivity contribution is 5.56. The highest BCUT2D eigenvalue weighted by Gasteiger charge is 2.14. The van der Waals surface area contributed by atoms with Crippen LogP contribution in [0.3, 0.4) is 0 Å². The minimum Gasteiger partial charge on any atom is -0.469 e. The minimum atomic E-state index is -0.443. The molecule has 0 aromatic carbocycles. The molecule has 2 aromatic heterocycles. The zero-order valence-electron chi connectivity index (χ0n) is 9.92. The maximum atomic E-state index is 10.8. The summed E-state index contributed by atoms with van der Waals surface area (Å²) in [6, 6.07) is 6.75. The van der Waals surface area contributed by atoms with Crippen LogP contribution in [0.4, 0.5) is 11.5 Å². The van der Waals surface area contributed by atoms with Crippen LogP contribution in [-0.2, 0) is 6.42 Å². The number of aryl methyl sites for hydroxylation is 1. The van der Waals surface area contributed by atoms with Crippen LogP contribution in [0.2, 0.25) is 0 Å². The summed E-state index contributed by atoms with van der Waals surface area (Å²) in [6.07, 6.45) is 2.25. The van der Waals surface area contributed by atoms with E-state index in [0.717, 1.165) is 11.5 Å². The van der Waals surface area contributed by atoms with E-state index >= 15 is 0 Å². The Kier molecular flexibility index (Phi) is 3.57. The molecule has 0 fully saturated rings. The molecular weight excluding hydrogens is 234 g/mol. The van der Waals surface area contributed by atoms with E-state index in [9.17, 15) is 10.1 Å². The Morgan fingerprint density at radius 3 is 2.94 bits per heavy atom. The lowest BCUT2D eigenvalue weighted by molar-refractivity contribution is -0.384. The van der Waals surface area contributed by atoms with Gasteiger partial charge in [0.25, 0.3) is 0 Å². The smallest absolute Gasteiger partial charge is 0.311 e. The quantitative estimate of drug-likeness (QED) is 0.648. The van der Waals surface area contributed by atoms with Crippen molar-refractivity contribution in [3.05, 3.63) is 52.1 Å². The third-order valence-electron chi connectivity index (χ3n) is 2.45. The SMILES string of the molecule is Cc1ccc([N+](=O)[O-])c(NCCc2ccco2)n1. The van der Waals surface area contributed by atoms with Crippen LogP contribution in [0.5, 0.6) is 0 Å². The standard InChI is InChI=1S/C12H13N3O3/c1-9-4-5-11(15(16)17)12(14-9)13-7-6-10-3-2-8-18-10/h2-5,8H,6-7H2,1H3,(H,13,14). The van der Waals surface area contributed by atoms with Gasteiger partial charge in [0, 0.05) is 24.7 Å². The zero-order valence-corrected chi connectivity index (χ0v) is 9.92. The maximum absolute atomic E-state index is 10.8. The predicted octanol–water partition coefficient (Wildman–Crippen LogP) is 2.55. The van der Waals surface area contributed by atoms with Gasteiger partial charge in [-0.1, -0.05) is 0 Å². The van der Waals surface area contributed by atoms with Crippen molar-refractivity contribution in [1.29, 1.82) is 0 Å². The number of nitro groups is 1. The van der Waals surface area contributed by atoms with Crippen LogP contribution in [0.15, 0.2) is 34.9 Å². The molecule has 6 heteroatoms. The molecule has 1 N–H and O–H groups in total. The molecule has 0 saturated heterocycles. The molecule has 0 aliphatic rings. The van der Waals surface area contributed by atoms with Crippen LogP contribution >= 0.6 is 0 Å². The molecule has 0 unspecified atom stereocenters. The van der Waals surface area contributed by atoms with Gasteiger partial charge in [-0.05, 0) is 25.1 Å². The lowest BCUT2D eigenvalue weighted by atomic mass is 10.3. The molecule has 94 valence electrons. The second kappa shape index (κ2) is 5.31. The Labute approximate surface area is 104 Å². The van der Waals surface area contributed by atoms with E-state index in [1.807, 2.05) is 12.1 Å². The highest BCUT2D eigenvalue weighted by Crippen LogP contribution is 2.21. The van der Waals surface area contributed by atoms with Crippen LogP contribution in [-0.4, -0.2) is 16.5 Å². The number of furan rings is 1. The van der Waals surface area contributed by atoms with E-state index in [1.165, 1.54) is 6.07 Å². The monoisotopic (exact) mass is 247 g/mol. The van der Waals surface area contributed by atoms with Gasteiger partial charge in [-0.15, -0.1) is 0 Å². The fourth-order valence-corrected chi connectivity index (χ4v) is 1.59. The van der Waals surface area contributed by atoms with Gasteiger partial charge < -0.3 is 9.73 Å². The summed E-state index contributed by atoms with van der Waals surface area (Å²) in [4.78, 5) is 14.5. The van der Waals surface area contributed by atoms with Gasteiger partial charge in [-0.2, -0.15) is 0 Å². The van der Waals surface area contributed by atoms with Crippen LogP contribution in [0, 0.1) is 17.0 Å². The Balaban J connectivity index is 2.03. The van der Waals surface area contributed by atoms with E-state index in [4.69, 9.17) is 4.42 Å². The summed E-state index contributed by atoms with van der Waals surface area (Å²) in [5, 5.41) is 13.8. The number of anilines is 1. The van der Waals surface area contributed by atoms with Crippen molar-refractivity contribution in [2.24, 2.45) is 0 Å². The van der Waals surface area contributed by atoms with Crippen molar-refractivity contribution in [2.75, 3.05) is 11.9 Å². The number of aromatic nitrogens is 1. The first-order chi connectivity index (χ1) is 8.66. The zero-order chi connectivity index (χ0) is 13.0. The molecule has 0 amide bonds. The molecular formula is C12H13N3O3. The largest absolute Gasteiger partial charge is 0.469 e. The van der Waals surface area contributed by atoms with Gasteiger partial charge in [0.15, 0.2) is 0 Å². The normalized spacial score (nSPS) is 10.3. The molecule has 0 saturated carbocycles. The van der Waals surface area contributed by atoms with E-state index in [0.29, 0.717) is 18.8 Å². The second-order valence-electron chi connectivity index (χ2n) is 3.83. The Morgan fingerprint density at radius 1 is 1.44 bits per heavy atom. The molecule has 0 atom stereocenters. The molecule has 0 aliphatic carbocycles. The summed E-state index contributed by atoms with van der Waals surface area (Å²) in [6.45, 7) is 2.33. The van der Waals surface area contributed by atoms with E-state index in [1.54, 1.807) is 19.3 Å². The third-order valence-corrected chi connectivity index (χ3v) is 2.45. The first-order valence-corrected chi connectivity index (χ1v) is 5.55. The van der Waals surface area contributed by atoms with Crippen molar-refractivity contribution < 1.29 is 9.34 Å². The average molecular weight is 247 g/mol. The molecule has 0 aliphatic heterocycles. The molecule has 18 heavy (non-hydrogen) atoms. The predicted molar refractivity (Wildman–Crippen MR) is 66.5 cm³/mol. The van der Waals surface area contributed by atoms with Gasteiger partial charge in [0.05, 0.1) is 11.2 Å². The van der Waals surface area contributed by atoms with Crippen LogP contribution < -0.4 is 5.32 Å². The van der Waals surface area contributed by atoms with Gasteiger partial charge in [-0.3, -0.25) is 10.1 Å². The van der Waals surface area contributed by atoms with Gasteiger partial charge in [-0.25, -0.2) is 4.98 Å². The molecule has 0 radical (unpaired) electrons. The van der Waals surface area contributed by atoms with Gasteiger partial charge >= 0.3 is 5.69 Å². The van der Waals surface area contributed by atoms with Crippen LogP contribution in [0.1, 0.15) is 11.5 Å². The molecule has 2 aromatic rings. The van der Waals surface area contributed by atoms with E-state index < -0.39 is 4.92 Å². The van der Waals surface area contributed by atoms with Crippen molar-refractivity contribution in [2.45, 2.75) is 13.3 Å². The number of hydrogen-bond acceptors (Lipinski definition) is 5. The summed E-state index contributed by atoms with van der Waals surface area (Å²) >= 11 is 0. The lowest BCUT2D eigenvalue weighted by Gasteiger charge is -2.05. The third kappa shape index (κ3) is 2.85. The lowest BCUT2D eigenvalue weighted by Crippen LogP contribution is -2.08. The average Bonchev–Trinajstić information content (AvgIpc) is 2.82. The highest BCUT2D eigenvalue weighted by atomic mass is 16.6. The first kappa shape index (κ1) is 12.1. The Morgan fingerprint density at radius 2 is 2.28 bits per heavy atom.